The van der Waals surface area contributed by atoms with Crippen molar-refractivity contribution in [2.24, 2.45) is 29.2 Å². The molecule has 1 aliphatic rings. The summed E-state index contributed by atoms with van der Waals surface area (Å²) in [4.78, 5) is 22.8. The summed E-state index contributed by atoms with van der Waals surface area (Å²) >= 11 is 0. The second-order valence-corrected chi connectivity index (χ2v) is 14.1. The summed E-state index contributed by atoms with van der Waals surface area (Å²) in [6.45, 7) is 7.78. The Morgan fingerprint density at radius 3 is 1.91 bits per heavy atom. The fraction of sp³-hybridized carbons (Fsp3) is 0.562. The molecule has 46 heavy (non-hydrogen) atoms. The first-order valence-electron chi connectivity index (χ1n) is 15.2. The van der Waals surface area contributed by atoms with Crippen LogP contribution in [0.1, 0.15) is 83.4 Å². The molecular weight excluding hydrogens is 645 g/mol. The molecule has 7 N–H and O–H groups in total. The molecule has 260 valence electrons. The number of carboxylic acid groups (broad SMARTS) is 1. The van der Waals surface area contributed by atoms with Crippen molar-refractivity contribution in [3.63, 3.8) is 0 Å². The van der Waals surface area contributed by atoms with E-state index in [0.29, 0.717) is 32.1 Å². The number of hydrogen-bond acceptors (Lipinski definition) is 6. The highest BCUT2D eigenvalue weighted by Crippen LogP contribution is 2.31. The molecular formula is C32H48ClF3N4O5S. The maximum atomic E-state index is 13.2. The first kappa shape index (κ1) is 41.3. The second kappa shape index (κ2) is 18.6. The van der Waals surface area contributed by atoms with Crippen LogP contribution in [0, 0.1) is 17.8 Å². The number of benzene rings is 2. The van der Waals surface area contributed by atoms with Crippen LogP contribution in [0.15, 0.2) is 59.5 Å². The third-order valence-corrected chi connectivity index (χ3v) is 9.32. The van der Waals surface area contributed by atoms with Crippen molar-refractivity contribution < 1.29 is 36.3 Å². The maximum absolute atomic E-state index is 13.2. The monoisotopic (exact) mass is 692 g/mol. The molecule has 14 heteroatoms. The van der Waals surface area contributed by atoms with Gasteiger partial charge in [0.1, 0.15) is 0 Å². The number of nitrogens with two attached hydrogens (primary N) is 2. The van der Waals surface area contributed by atoms with E-state index >= 15 is 0 Å². The molecule has 1 aliphatic carbocycles. The smallest absolute Gasteiger partial charge is 0.416 e. The zero-order valence-electron chi connectivity index (χ0n) is 26.7. The number of carbonyl (C=O) groups excluding carboxylic acids is 1. The molecule has 0 heterocycles. The van der Waals surface area contributed by atoms with Gasteiger partial charge in [0.25, 0.3) is 0 Å². The number of aliphatic carboxylic acids is 1. The summed E-state index contributed by atoms with van der Waals surface area (Å²) in [6.07, 6.45) is -1.95. The van der Waals surface area contributed by atoms with Gasteiger partial charge in [0, 0.05) is 30.5 Å². The van der Waals surface area contributed by atoms with Crippen LogP contribution in [0.25, 0.3) is 0 Å². The minimum absolute atomic E-state index is 0. The molecule has 3 atom stereocenters. The Morgan fingerprint density at radius 2 is 1.48 bits per heavy atom. The summed E-state index contributed by atoms with van der Waals surface area (Å²) in [5.41, 5.74) is 12.6. The van der Waals surface area contributed by atoms with Gasteiger partial charge < -0.3 is 21.9 Å². The van der Waals surface area contributed by atoms with E-state index in [4.69, 9.17) is 16.6 Å². The second-order valence-electron chi connectivity index (χ2n) is 12.4. The molecule has 2 aromatic rings. The van der Waals surface area contributed by atoms with Crippen molar-refractivity contribution in [1.82, 2.24) is 10.0 Å². The van der Waals surface area contributed by atoms with Gasteiger partial charge in [-0.05, 0) is 73.8 Å². The van der Waals surface area contributed by atoms with E-state index in [1.54, 1.807) is 0 Å². The van der Waals surface area contributed by atoms with Gasteiger partial charge >= 0.3 is 12.1 Å². The Bertz CT molecular complexity index is 1320. The predicted octanol–water partition coefficient (Wildman–Crippen LogP) is 5.64. The summed E-state index contributed by atoms with van der Waals surface area (Å²) in [7, 11) is -3.99. The summed E-state index contributed by atoms with van der Waals surface area (Å²) in [5, 5.41) is 11.2. The number of carbonyl (C=O) groups is 2. The van der Waals surface area contributed by atoms with Crippen LogP contribution in [-0.2, 0) is 25.8 Å². The van der Waals surface area contributed by atoms with Crippen molar-refractivity contribution in [3.8, 4) is 0 Å². The van der Waals surface area contributed by atoms with E-state index in [-0.39, 0.29) is 65.5 Å². The van der Waals surface area contributed by atoms with E-state index < -0.39 is 33.8 Å². The minimum atomic E-state index is -4.54. The van der Waals surface area contributed by atoms with E-state index in [9.17, 15) is 31.2 Å². The van der Waals surface area contributed by atoms with Crippen LogP contribution in [0.4, 0.5) is 13.2 Å². The maximum Gasteiger partial charge on any atom is 0.416 e. The predicted molar refractivity (Wildman–Crippen MR) is 175 cm³/mol. The molecule has 0 saturated heterocycles. The Kier molecular flexibility index (Phi) is 16.7. The fourth-order valence-electron chi connectivity index (χ4n) is 5.11. The van der Waals surface area contributed by atoms with Gasteiger partial charge in [-0.1, -0.05) is 58.0 Å². The average molecular weight is 693 g/mol. The lowest BCUT2D eigenvalue weighted by Crippen LogP contribution is -2.48. The molecule has 0 aromatic heterocycles. The van der Waals surface area contributed by atoms with Crippen LogP contribution >= 0.6 is 12.4 Å². The summed E-state index contributed by atoms with van der Waals surface area (Å²) in [5.74, 6) is -0.650. The molecule has 0 unspecified atom stereocenters. The van der Waals surface area contributed by atoms with E-state index in [0.717, 1.165) is 29.8 Å². The minimum Gasteiger partial charge on any atom is -0.481 e. The molecule has 2 aromatic carbocycles. The summed E-state index contributed by atoms with van der Waals surface area (Å²) in [6, 6.07) is 11.7. The highest BCUT2D eigenvalue weighted by atomic mass is 35.5. The number of sulfonamides is 1. The molecule has 0 spiro atoms. The Balaban J connectivity index is 0.00000119. The zero-order chi connectivity index (χ0) is 33.9. The van der Waals surface area contributed by atoms with Gasteiger partial charge in [-0.3, -0.25) is 9.59 Å². The molecule has 1 fully saturated rings. The average Bonchev–Trinajstić information content (AvgIpc) is 2.96. The van der Waals surface area contributed by atoms with Crippen molar-refractivity contribution >= 4 is 34.3 Å². The molecule has 0 aliphatic heterocycles. The number of carboxylic acids is 1. The quantitative estimate of drug-likeness (QED) is 0.192. The lowest BCUT2D eigenvalue weighted by Gasteiger charge is -2.31. The number of rotatable bonds is 12. The number of amides is 1. The number of nitrogens with one attached hydrogen (secondary N) is 2. The lowest BCUT2D eigenvalue weighted by atomic mass is 9.85. The fourth-order valence-corrected chi connectivity index (χ4v) is 6.42. The van der Waals surface area contributed by atoms with E-state index in [2.05, 4.69) is 10.0 Å². The van der Waals surface area contributed by atoms with Gasteiger partial charge in [0.05, 0.1) is 16.5 Å². The highest BCUT2D eigenvalue weighted by molar-refractivity contribution is 7.89. The van der Waals surface area contributed by atoms with Crippen molar-refractivity contribution in [2.75, 3.05) is 0 Å². The van der Waals surface area contributed by atoms with Crippen molar-refractivity contribution in [1.29, 1.82) is 0 Å². The van der Waals surface area contributed by atoms with Crippen molar-refractivity contribution in [2.45, 2.75) is 101 Å². The Labute approximate surface area is 276 Å². The Morgan fingerprint density at radius 1 is 0.935 bits per heavy atom. The van der Waals surface area contributed by atoms with Crippen LogP contribution in [0.3, 0.4) is 0 Å². The molecule has 1 saturated carbocycles. The van der Waals surface area contributed by atoms with Gasteiger partial charge in [-0.25, -0.2) is 13.1 Å². The Hall–Kier alpha value is -2.71. The molecule has 0 radical (unpaired) electrons. The van der Waals surface area contributed by atoms with Crippen LogP contribution in [0.5, 0.6) is 0 Å². The van der Waals surface area contributed by atoms with E-state index in [1.165, 1.54) is 0 Å². The molecule has 3 rings (SSSR count). The third kappa shape index (κ3) is 13.6. The van der Waals surface area contributed by atoms with Gasteiger partial charge in [-0.15, -0.1) is 12.4 Å². The van der Waals surface area contributed by atoms with Crippen molar-refractivity contribution in [3.05, 3.63) is 65.7 Å². The first-order chi connectivity index (χ1) is 20.9. The normalized spacial score (nSPS) is 18.8. The highest BCUT2D eigenvalue weighted by Gasteiger charge is 2.33. The standard InChI is InChI=1S/C27H37F3N4O3S.C5H10O2.ClH/c1-17(2)25(32)23(31)16-24(18-6-4-3-5-7-18)33-26(35)19-8-12-21(13-9-19)34-38(36,37)22-14-10-20(11-15-22)27(28,29)30;1-4(2)3-5(6)7;/h3-7,10-11,14-15,17,19,21,23-25,34H,8-9,12-13,16,31-32H2,1-2H3,(H,33,35);4H,3H2,1-2H3,(H,6,7);1H/t19-,21-,23-,24-,25-;;/m0../s1. The molecule has 0 bridgehead atoms. The number of halogens is 4. The van der Waals surface area contributed by atoms with E-state index in [1.807, 2.05) is 58.0 Å². The largest absolute Gasteiger partial charge is 0.481 e. The van der Waals surface area contributed by atoms with Crippen LogP contribution in [0.2, 0.25) is 0 Å². The summed E-state index contributed by atoms with van der Waals surface area (Å²) < 4.78 is 66.3. The van der Waals surface area contributed by atoms with Crippen LogP contribution in [-0.4, -0.2) is 43.5 Å². The number of hydrogen-bond donors (Lipinski definition) is 5. The van der Waals surface area contributed by atoms with Gasteiger partial charge in [0.15, 0.2) is 0 Å². The third-order valence-electron chi connectivity index (χ3n) is 7.79. The lowest BCUT2D eigenvalue weighted by molar-refractivity contribution is -0.138. The number of alkyl halides is 3. The van der Waals surface area contributed by atoms with Gasteiger partial charge in [0.2, 0.25) is 15.9 Å². The SMILES string of the molecule is CC(C)CC(=O)O.CC(C)[C@H](N)[C@@H](N)C[C@H](NC(=O)[C@H]1CC[C@H](NS(=O)(=O)c2ccc(C(F)(F)F)cc2)CC1)c1ccccc1.Cl. The van der Waals surface area contributed by atoms with Crippen LogP contribution < -0.4 is 21.5 Å². The molecule has 9 nitrogen and oxygen atoms in total. The van der Waals surface area contributed by atoms with Gasteiger partial charge in [-0.2, -0.15) is 13.2 Å². The molecule has 1 amide bonds. The zero-order valence-corrected chi connectivity index (χ0v) is 28.3. The topological polar surface area (TPSA) is 165 Å². The first-order valence-corrected chi connectivity index (χ1v) is 16.7.